The molecule has 0 aliphatic carbocycles. The summed E-state index contributed by atoms with van der Waals surface area (Å²) >= 11 is 1.000. The second-order valence-corrected chi connectivity index (χ2v) is 4.29. The number of amides is 1. The van der Waals surface area contributed by atoms with Crippen molar-refractivity contribution < 1.29 is 13.6 Å². The molecule has 0 atom stereocenters. The summed E-state index contributed by atoms with van der Waals surface area (Å²) in [6, 6.07) is 3.37. The average Bonchev–Trinajstić information content (AvgIpc) is 3.07. The molecule has 3 aromatic heterocycles. The molecule has 0 aliphatic heterocycles. The zero-order chi connectivity index (χ0) is 13.2. The molecule has 9 heteroatoms. The summed E-state index contributed by atoms with van der Waals surface area (Å²) in [6.07, 6.45) is 1.49. The lowest BCUT2D eigenvalue weighted by Crippen LogP contribution is -2.11. The number of carbonyl (C=O) groups is 1. The number of rotatable bonds is 3. The molecule has 8 nitrogen and oxygen atoms in total. The standard InChI is InChI=1S/C10H7N5O3S/c1-5-7(19-15-12-5)8(16)11-10-14-13-9(18-10)6-3-2-4-17-6/h2-4H,1H3,(H,11,14,16). The molecule has 0 bridgehead atoms. The molecule has 3 heterocycles. The largest absolute Gasteiger partial charge is 0.459 e. The minimum atomic E-state index is -0.387. The maximum Gasteiger partial charge on any atom is 0.322 e. The van der Waals surface area contributed by atoms with Crippen LogP contribution in [0.5, 0.6) is 0 Å². The van der Waals surface area contributed by atoms with Crippen LogP contribution in [-0.4, -0.2) is 25.7 Å². The minimum absolute atomic E-state index is 0.01000. The molecule has 0 spiro atoms. The Kier molecular flexibility index (Phi) is 2.80. The molecule has 19 heavy (non-hydrogen) atoms. The number of nitrogens with zero attached hydrogens (tertiary/aromatic N) is 4. The Balaban J connectivity index is 1.78. The average molecular weight is 277 g/mol. The fourth-order valence-corrected chi connectivity index (χ4v) is 1.92. The molecule has 0 aromatic carbocycles. The zero-order valence-electron chi connectivity index (χ0n) is 9.65. The van der Waals surface area contributed by atoms with E-state index in [2.05, 4.69) is 25.1 Å². The Morgan fingerprint density at radius 1 is 1.37 bits per heavy atom. The van der Waals surface area contributed by atoms with Crippen LogP contribution in [0.3, 0.4) is 0 Å². The lowest BCUT2D eigenvalue weighted by Gasteiger charge is -1.96. The molecule has 96 valence electrons. The molecule has 3 rings (SSSR count). The Morgan fingerprint density at radius 3 is 2.95 bits per heavy atom. The van der Waals surface area contributed by atoms with Crippen molar-refractivity contribution in [1.82, 2.24) is 19.8 Å². The van der Waals surface area contributed by atoms with Crippen molar-refractivity contribution >= 4 is 23.5 Å². The maximum atomic E-state index is 11.9. The van der Waals surface area contributed by atoms with Crippen molar-refractivity contribution in [1.29, 1.82) is 0 Å². The van der Waals surface area contributed by atoms with E-state index in [1.165, 1.54) is 6.26 Å². The van der Waals surface area contributed by atoms with Gasteiger partial charge in [-0.05, 0) is 30.6 Å². The Labute approximate surface area is 110 Å². The smallest absolute Gasteiger partial charge is 0.322 e. The van der Waals surface area contributed by atoms with Gasteiger partial charge in [-0.3, -0.25) is 10.1 Å². The van der Waals surface area contributed by atoms with Crippen LogP contribution < -0.4 is 5.32 Å². The van der Waals surface area contributed by atoms with Crippen molar-refractivity contribution in [3.05, 3.63) is 29.0 Å². The highest BCUT2D eigenvalue weighted by Crippen LogP contribution is 2.20. The van der Waals surface area contributed by atoms with Gasteiger partial charge in [0.15, 0.2) is 5.76 Å². The summed E-state index contributed by atoms with van der Waals surface area (Å²) in [6.45, 7) is 1.69. The second kappa shape index (κ2) is 4.61. The molecule has 1 amide bonds. The molecule has 0 saturated carbocycles. The van der Waals surface area contributed by atoms with E-state index < -0.39 is 0 Å². The predicted molar refractivity (Wildman–Crippen MR) is 64.6 cm³/mol. The normalized spacial score (nSPS) is 10.6. The van der Waals surface area contributed by atoms with Gasteiger partial charge in [0.25, 0.3) is 11.8 Å². The van der Waals surface area contributed by atoms with E-state index in [0.717, 1.165) is 11.5 Å². The van der Waals surface area contributed by atoms with Gasteiger partial charge in [-0.1, -0.05) is 9.59 Å². The summed E-state index contributed by atoms with van der Waals surface area (Å²) in [5, 5.41) is 13.7. The van der Waals surface area contributed by atoms with Crippen molar-refractivity contribution in [2.24, 2.45) is 0 Å². The molecule has 0 radical (unpaired) electrons. The van der Waals surface area contributed by atoms with Crippen LogP contribution in [0, 0.1) is 6.92 Å². The number of anilines is 1. The second-order valence-electron chi connectivity index (χ2n) is 3.53. The van der Waals surface area contributed by atoms with E-state index in [1.54, 1.807) is 19.1 Å². The van der Waals surface area contributed by atoms with Gasteiger partial charge in [-0.15, -0.1) is 10.2 Å². The third-order valence-electron chi connectivity index (χ3n) is 2.24. The fraction of sp³-hybridized carbons (Fsp3) is 0.100. The first-order chi connectivity index (χ1) is 9.24. The third kappa shape index (κ3) is 2.22. The van der Waals surface area contributed by atoms with Crippen LogP contribution in [0.4, 0.5) is 6.01 Å². The highest BCUT2D eigenvalue weighted by molar-refractivity contribution is 7.08. The van der Waals surface area contributed by atoms with Gasteiger partial charge >= 0.3 is 6.01 Å². The molecule has 0 aliphatic rings. The van der Waals surface area contributed by atoms with Crippen LogP contribution in [0.2, 0.25) is 0 Å². The van der Waals surface area contributed by atoms with Crippen molar-refractivity contribution in [3.63, 3.8) is 0 Å². The van der Waals surface area contributed by atoms with E-state index in [4.69, 9.17) is 8.83 Å². The highest BCUT2D eigenvalue weighted by Gasteiger charge is 2.17. The van der Waals surface area contributed by atoms with Crippen molar-refractivity contribution in [3.8, 4) is 11.7 Å². The van der Waals surface area contributed by atoms with Crippen LogP contribution in [0.15, 0.2) is 27.2 Å². The quantitative estimate of drug-likeness (QED) is 0.776. The van der Waals surface area contributed by atoms with Crippen LogP contribution in [0.1, 0.15) is 15.4 Å². The first-order valence-electron chi connectivity index (χ1n) is 5.22. The van der Waals surface area contributed by atoms with E-state index >= 15 is 0 Å². The summed E-state index contributed by atoms with van der Waals surface area (Å²) < 4.78 is 14.0. The minimum Gasteiger partial charge on any atom is -0.459 e. The van der Waals surface area contributed by atoms with Crippen molar-refractivity contribution in [2.45, 2.75) is 6.92 Å². The lowest BCUT2D eigenvalue weighted by atomic mass is 10.4. The van der Waals surface area contributed by atoms with E-state index in [-0.39, 0.29) is 17.8 Å². The van der Waals surface area contributed by atoms with E-state index in [1.807, 2.05) is 0 Å². The zero-order valence-corrected chi connectivity index (χ0v) is 10.5. The Morgan fingerprint density at radius 2 is 2.26 bits per heavy atom. The topological polar surface area (TPSA) is 107 Å². The van der Waals surface area contributed by atoms with Crippen LogP contribution >= 0.6 is 11.5 Å². The van der Waals surface area contributed by atoms with Crippen LogP contribution in [0.25, 0.3) is 11.7 Å². The number of nitrogens with one attached hydrogen (secondary N) is 1. The Bertz CT molecular complexity index is 702. The van der Waals surface area contributed by atoms with Gasteiger partial charge in [-0.25, -0.2) is 0 Å². The molecule has 0 fully saturated rings. The molecule has 0 saturated heterocycles. The number of hydrogen-bond donors (Lipinski definition) is 1. The van der Waals surface area contributed by atoms with Gasteiger partial charge in [0.1, 0.15) is 4.88 Å². The Hall–Kier alpha value is -2.55. The molecule has 1 N–H and O–H groups in total. The molecular weight excluding hydrogens is 270 g/mol. The van der Waals surface area contributed by atoms with E-state index in [9.17, 15) is 4.79 Å². The maximum absolute atomic E-state index is 11.9. The summed E-state index contributed by atoms with van der Waals surface area (Å²) in [5.41, 5.74) is 0.549. The fourth-order valence-electron chi connectivity index (χ4n) is 1.37. The molecule has 0 unspecified atom stereocenters. The van der Waals surface area contributed by atoms with Gasteiger partial charge in [0, 0.05) is 0 Å². The third-order valence-corrected chi connectivity index (χ3v) is 3.06. The number of aryl methyl sites for hydroxylation is 1. The van der Waals surface area contributed by atoms with Gasteiger partial charge in [-0.2, -0.15) is 0 Å². The first kappa shape index (κ1) is 11.5. The first-order valence-corrected chi connectivity index (χ1v) is 5.99. The lowest BCUT2D eigenvalue weighted by molar-refractivity contribution is 0.102. The molecular formula is C10H7N5O3S. The number of hydrogen-bond acceptors (Lipinski definition) is 8. The van der Waals surface area contributed by atoms with Gasteiger partial charge < -0.3 is 8.83 Å². The summed E-state index contributed by atoms with van der Waals surface area (Å²) in [5.74, 6) is 0.241. The predicted octanol–water partition coefficient (Wildman–Crippen LogP) is 1.74. The van der Waals surface area contributed by atoms with Crippen LogP contribution in [-0.2, 0) is 0 Å². The number of furan rings is 1. The van der Waals surface area contributed by atoms with Gasteiger partial charge in [0.05, 0.1) is 12.0 Å². The molecule has 3 aromatic rings. The summed E-state index contributed by atoms with van der Waals surface area (Å²) in [4.78, 5) is 12.3. The van der Waals surface area contributed by atoms with Crippen molar-refractivity contribution in [2.75, 3.05) is 5.32 Å². The number of carbonyl (C=O) groups excluding carboxylic acids is 1. The monoisotopic (exact) mass is 277 g/mol. The SMILES string of the molecule is Cc1nnsc1C(=O)Nc1nnc(-c2ccco2)o1. The summed E-state index contributed by atoms with van der Waals surface area (Å²) in [7, 11) is 0. The van der Waals surface area contributed by atoms with Gasteiger partial charge in [0.2, 0.25) is 0 Å². The highest BCUT2D eigenvalue weighted by atomic mass is 32.1. The van der Waals surface area contributed by atoms with E-state index in [0.29, 0.717) is 16.3 Å². The number of aromatic nitrogens is 4.